The van der Waals surface area contributed by atoms with Crippen LogP contribution in [0.2, 0.25) is 0 Å². The summed E-state index contributed by atoms with van der Waals surface area (Å²) in [6, 6.07) is 10.2. The van der Waals surface area contributed by atoms with E-state index in [1.165, 1.54) is 0 Å². The Kier molecular flexibility index (Phi) is 5.05. The highest BCUT2D eigenvalue weighted by Gasteiger charge is 2.27. The molecule has 0 spiro atoms. The quantitative estimate of drug-likeness (QED) is 0.746. The number of hydrogen-bond donors (Lipinski definition) is 1. The number of aromatic nitrogens is 4. The minimum Gasteiger partial charge on any atom is -0.304 e. The van der Waals surface area contributed by atoms with Gasteiger partial charge in [0.25, 0.3) is 5.56 Å². The van der Waals surface area contributed by atoms with Crippen LogP contribution in [0.25, 0.3) is 11.0 Å². The van der Waals surface area contributed by atoms with E-state index in [1.54, 1.807) is 6.20 Å². The third-order valence-corrected chi connectivity index (χ3v) is 5.44. The summed E-state index contributed by atoms with van der Waals surface area (Å²) < 4.78 is 1.83. The molecule has 4 rings (SSSR count). The predicted molar refractivity (Wildman–Crippen MR) is 106 cm³/mol. The smallest absolute Gasteiger partial charge is 0.265 e. The van der Waals surface area contributed by atoms with Gasteiger partial charge in [0.1, 0.15) is 11.2 Å². The Labute approximate surface area is 158 Å². The van der Waals surface area contributed by atoms with Crippen LogP contribution in [-0.2, 0) is 6.54 Å². The Morgan fingerprint density at radius 2 is 1.89 bits per heavy atom. The lowest BCUT2D eigenvalue weighted by Gasteiger charge is -2.37. The summed E-state index contributed by atoms with van der Waals surface area (Å²) in [6.45, 7) is 6.72. The second-order valence-electron chi connectivity index (χ2n) is 7.24. The second-order valence-corrected chi connectivity index (χ2v) is 7.24. The van der Waals surface area contributed by atoms with E-state index in [-0.39, 0.29) is 11.6 Å². The van der Waals surface area contributed by atoms with Crippen molar-refractivity contribution in [3.63, 3.8) is 0 Å². The van der Waals surface area contributed by atoms with Gasteiger partial charge < -0.3 is 4.90 Å². The van der Waals surface area contributed by atoms with Crippen LogP contribution >= 0.6 is 0 Å². The molecule has 0 saturated carbocycles. The molecule has 0 radical (unpaired) electrons. The number of piperazine rings is 1. The van der Waals surface area contributed by atoms with Crippen LogP contribution < -0.4 is 5.56 Å². The van der Waals surface area contributed by atoms with Crippen molar-refractivity contribution in [2.75, 3.05) is 33.2 Å². The largest absolute Gasteiger partial charge is 0.304 e. The molecule has 1 atom stereocenters. The summed E-state index contributed by atoms with van der Waals surface area (Å²) in [4.78, 5) is 22.8. The first-order valence-corrected chi connectivity index (χ1v) is 9.57. The Hall–Kier alpha value is -2.51. The predicted octanol–water partition coefficient (Wildman–Crippen LogP) is 1.87. The summed E-state index contributed by atoms with van der Waals surface area (Å²) in [7, 11) is 2.15. The van der Waals surface area contributed by atoms with E-state index in [1.807, 2.05) is 34.9 Å². The van der Waals surface area contributed by atoms with Crippen LogP contribution in [0.1, 0.15) is 30.8 Å². The molecule has 0 aliphatic carbocycles. The number of hydrogen-bond acceptors (Lipinski definition) is 5. The molecule has 1 fully saturated rings. The van der Waals surface area contributed by atoms with Gasteiger partial charge in [0.05, 0.1) is 18.8 Å². The van der Waals surface area contributed by atoms with Crippen molar-refractivity contribution in [3.05, 3.63) is 58.3 Å². The van der Waals surface area contributed by atoms with Gasteiger partial charge >= 0.3 is 0 Å². The number of H-pyrrole nitrogens is 1. The second kappa shape index (κ2) is 7.62. The topological polar surface area (TPSA) is 70.0 Å². The Morgan fingerprint density at radius 3 is 2.59 bits per heavy atom. The van der Waals surface area contributed by atoms with Gasteiger partial charge in [-0.2, -0.15) is 5.10 Å². The standard InChI is InChI=1S/C20H26N6O/c1-3-17(25-11-9-24(2)10-12-25)19-22-18-16(13-21-23-18)20(27)26(19)14-15-7-5-4-6-8-15/h4-8,13,17H,3,9-12,14H2,1-2H3,(H,21,23). The molecule has 0 bridgehead atoms. The fraction of sp³-hybridized carbons (Fsp3) is 0.450. The lowest BCUT2D eigenvalue weighted by atomic mass is 10.1. The van der Waals surface area contributed by atoms with Crippen molar-refractivity contribution in [2.45, 2.75) is 25.9 Å². The zero-order valence-corrected chi connectivity index (χ0v) is 15.9. The maximum atomic E-state index is 13.2. The molecular formula is C20H26N6O. The van der Waals surface area contributed by atoms with Crippen molar-refractivity contribution in [3.8, 4) is 0 Å². The average molecular weight is 366 g/mol. The molecule has 1 aromatic carbocycles. The molecule has 2 aromatic heterocycles. The summed E-state index contributed by atoms with van der Waals surface area (Å²) in [5, 5.41) is 7.46. The molecule has 1 N–H and O–H groups in total. The molecule has 1 aliphatic rings. The van der Waals surface area contributed by atoms with Crippen molar-refractivity contribution in [1.29, 1.82) is 0 Å². The third kappa shape index (κ3) is 3.52. The van der Waals surface area contributed by atoms with E-state index in [0.29, 0.717) is 17.6 Å². The summed E-state index contributed by atoms with van der Waals surface area (Å²) in [6.07, 6.45) is 2.48. The van der Waals surface area contributed by atoms with E-state index < -0.39 is 0 Å². The highest BCUT2D eigenvalue weighted by molar-refractivity contribution is 5.72. The zero-order valence-electron chi connectivity index (χ0n) is 15.9. The van der Waals surface area contributed by atoms with E-state index in [9.17, 15) is 4.79 Å². The maximum Gasteiger partial charge on any atom is 0.265 e. The van der Waals surface area contributed by atoms with Crippen molar-refractivity contribution in [2.24, 2.45) is 0 Å². The average Bonchev–Trinajstić information content (AvgIpc) is 3.16. The first-order valence-electron chi connectivity index (χ1n) is 9.57. The maximum absolute atomic E-state index is 13.2. The van der Waals surface area contributed by atoms with Crippen LogP contribution in [0.3, 0.4) is 0 Å². The highest BCUT2D eigenvalue weighted by atomic mass is 16.1. The van der Waals surface area contributed by atoms with E-state index in [4.69, 9.17) is 4.98 Å². The van der Waals surface area contributed by atoms with Gasteiger partial charge in [-0.3, -0.25) is 19.4 Å². The number of nitrogens with one attached hydrogen (secondary N) is 1. The summed E-state index contributed by atoms with van der Waals surface area (Å²) >= 11 is 0. The molecule has 1 unspecified atom stereocenters. The molecule has 3 heterocycles. The molecule has 1 aliphatic heterocycles. The first kappa shape index (κ1) is 17.9. The number of rotatable bonds is 5. The summed E-state index contributed by atoms with van der Waals surface area (Å²) in [5.74, 6) is 0.827. The van der Waals surface area contributed by atoms with Crippen LogP contribution in [0.4, 0.5) is 0 Å². The number of likely N-dealkylation sites (N-methyl/N-ethyl adjacent to an activating group) is 1. The van der Waals surface area contributed by atoms with Crippen LogP contribution in [0, 0.1) is 0 Å². The summed E-state index contributed by atoms with van der Waals surface area (Å²) in [5.41, 5.74) is 1.64. The molecular weight excluding hydrogens is 340 g/mol. The van der Waals surface area contributed by atoms with Crippen LogP contribution in [0.15, 0.2) is 41.3 Å². The lowest BCUT2D eigenvalue weighted by molar-refractivity contribution is 0.103. The van der Waals surface area contributed by atoms with Gasteiger partial charge in [0.15, 0.2) is 5.65 Å². The SMILES string of the molecule is CCC(c1nc2[nH]ncc2c(=O)n1Cc1ccccc1)N1CCN(C)CC1. The van der Waals surface area contributed by atoms with Crippen molar-refractivity contribution >= 4 is 11.0 Å². The third-order valence-electron chi connectivity index (χ3n) is 5.44. The lowest BCUT2D eigenvalue weighted by Crippen LogP contribution is -2.47. The molecule has 142 valence electrons. The number of aromatic amines is 1. The molecule has 3 aromatic rings. The highest BCUT2D eigenvalue weighted by Crippen LogP contribution is 2.24. The van der Waals surface area contributed by atoms with Gasteiger partial charge in [0, 0.05) is 26.2 Å². The van der Waals surface area contributed by atoms with Gasteiger partial charge in [-0.25, -0.2) is 4.98 Å². The fourth-order valence-electron chi connectivity index (χ4n) is 3.86. The normalized spacial score (nSPS) is 17.4. The van der Waals surface area contributed by atoms with E-state index >= 15 is 0 Å². The van der Waals surface area contributed by atoms with Gasteiger partial charge in [-0.15, -0.1) is 0 Å². The minimum atomic E-state index is -0.0276. The molecule has 1 saturated heterocycles. The molecule has 27 heavy (non-hydrogen) atoms. The van der Waals surface area contributed by atoms with E-state index in [2.05, 4.69) is 34.0 Å². The van der Waals surface area contributed by atoms with Crippen molar-refractivity contribution in [1.82, 2.24) is 29.5 Å². The molecule has 0 amide bonds. The number of benzene rings is 1. The number of fused-ring (bicyclic) bond motifs is 1. The van der Waals surface area contributed by atoms with Gasteiger partial charge in [-0.05, 0) is 19.0 Å². The monoisotopic (exact) mass is 366 g/mol. The Balaban J connectivity index is 1.79. The first-order chi connectivity index (χ1) is 13.2. The Bertz CT molecular complexity index is 956. The molecule has 7 heteroatoms. The zero-order chi connectivity index (χ0) is 18.8. The van der Waals surface area contributed by atoms with Crippen LogP contribution in [-0.4, -0.2) is 62.8 Å². The van der Waals surface area contributed by atoms with Gasteiger partial charge in [0.2, 0.25) is 0 Å². The minimum absolute atomic E-state index is 0.0276. The Morgan fingerprint density at radius 1 is 1.15 bits per heavy atom. The fourth-order valence-corrected chi connectivity index (χ4v) is 3.86. The van der Waals surface area contributed by atoms with E-state index in [0.717, 1.165) is 44.0 Å². The number of nitrogens with zero attached hydrogens (tertiary/aromatic N) is 5. The van der Waals surface area contributed by atoms with Crippen LogP contribution in [0.5, 0.6) is 0 Å². The molecule has 7 nitrogen and oxygen atoms in total. The van der Waals surface area contributed by atoms with Gasteiger partial charge in [-0.1, -0.05) is 37.3 Å². The van der Waals surface area contributed by atoms with Crippen molar-refractivity contribution < 1.29 is 0 Å².